The number of hydrogen-bond acceptors (Lipinski definition) is 2. The fraction of sp³-hybridized carbons (Fsp3) is 0.667. The summed E-state index contributed by atoms with van der Waals surface area (Å²) in [6, 6.07) is 0. The Hall–Kier alpha value is -1.32. The Morgan fingerprint density at radius 2 is 2.44 bits per heavy atom. The molecule has 1 aliphatic carbocycles. The molecule has 1 heterocycles. The Labute approximate surface area is 95.8 Å². The van der Waals surface area contributed by atoms with E-state index in [4.69, 9.17) is 0 Å². The first-order valence-electron chi connectivity index (χ1n) is 6.05. The maximum absolute atomic E-state index is 12.0. The Bertz CT molecular complexity index is 372. The molecule has 0 spiro atoms. The third-order valence-corrected chi connectivity index (χ3v) is 3.55. The minimum Gasteiger partial charge on any atom is -0.311 e. The Balaban J connectivity index is 2.02. The molecule has 0 aliphatic heterocycles. The van der Waals surface area contributed by atoms with E-state index >= 15 is 0 Å². The largest absolute Gasteiger partial charge is 0.311 e. The lowest BCUT2D eigenvalue weighted by molar-refractivity contribution is -0.120. The van der Waals surface area contributed by atoms with Gasteiger partial charge in [0.25, 0.3) is 0 Å². The van der Waals surface area contributed by atoms with E-state index in [9.17, 15) is 4.79 Å². The van der Waals surface area contributed by atoms with E-state index in [0.717, 1.165) is 24.2 Å². The van der Waals surface area contributed by atoms with Crippen molar-refractivity contribution in [3.05, 3.63) is 11.8 Å². The van der Waals surface area contributed by atoms with Crippen LogP contribution in [0.3, 0.4) is 0 Å². The number of aromatic nitrogens is 2. The van der Waals surface area contributed by atoms with Gasteiger partial charge in [-0.15, -0.1) is 0 Å². The lowest BCUT2D eigenvalue weighted by Crippen LogP contribution is -2.25. The molecule has 4 nitrogen and oxygen atoms in total. The number of carbonyl (C=O) groups excluding carboxylic acids is 1. The molecular formula is C12H19N3O. The normalized spacial score (nSPS) is 24.6. The number of rotatable bonds is 3. The van der Waals surface area contributed by atoms with Gasteiger partial charge in [0.15, 0.2) is 0 Å². The molecule has 1 aromatic rings. The van der Waals surface area contributed by atoms with Gasteiger partial charge in [-0.3, -0.25) is 9.89 Å². The van der Waals surface area contributed by atoms with Crippen LogP contribution in [-0.4, -0.2) is 16.1 Å². The molecule has 1 aliphatic rings. The predicted molar refractivity (Wildman–Crippen MR) is 63.1 cm³/mol. The van der Waals surface area contributed by atoms with Crippen molar-refractivity contribution in [3.63, 3.8) is 0 Å². The second-order valence-electron chi connectivity index (χ2n) is 4.63. The third kappa shape index (κ3) is 2.10. The number of carbonyl (C=O) groups is 1. The van der Waals surface area contributed by atoms with Crippen LogP contribution in [0.15, 0.2) is 6.20 Å². The average molecular weight is 221 g/mol. The highest BCUT2D eigenvalue weighted by atomic mass is 16.2. The Morgan fingerprint density at radius 1 is 1.62 bits per heavy atom. The third-order valence-electron chi connectivity index (χ3n) is 3.55. The van der Waals surface area contributed by atoms with Crippen molar-refractivity contribution in [2.24, 2.45) is 11.8 Å². The first kappa shape index (κ1) is 11.2. The van der Waals surface area contributed by atoms with E-state index in [-0.39, 0.29) is 11.8 Å². The van der Waals surface area contributed by atoms with Gasteiger partial charge in [-0.2, -0.15) is 5.10 Å². The number of nitrogens with zero attached hydrogens (tertiary/aromatic N) is 1. The molecule has 0 bridgehead atoms. The molecule has 1 fully saturated rings. The van der Waals surface area contributed by atoms with Crippen LogP contribution in [0.2, 0.25) is 0 Å². The van der Waals surface area contributed by atoms with Crippen LogP contribution >= 0.6 is 0 Å². The minimum atomic E-state index is 0.143. The zero-order valence-electron chi connectivity index (χ0n) is 9.92. The minimum absolute atomic E-state index is 0.143. The zero-order chi connectivity index (χ0) is 11.5. The van der Waals surface area contributed by atoms with Gasteiger partial charge in [-0.1, -0.05) is 20.3 Å². The number of H-pyrrole nitrogens is 1. The molecule has 16 heavy (non-hydrogen) atoms. The van der Waals surface area contributed by atoms with Crippen molar-refractivity contribution in [1.82, 2.24) is 10.2 Å². The molecule has 88 valence electrons. The molecule has 0 saturated heterocycles. The van der Waals surface area contributed by atoms with Crippen LogP contribution in [0.4, 0.5) is 5.82 Å². The van der Waals surface area contributed by atoms with Gasteiger partial charge in [0.2, 0.25) is 5.91 Å². The summed E-state index contributed by atoms with van der Waals surface area (Å²) in [6.07, 6.45) is 6.01. The van der Waals surface area contributed by atoms with Crippen molar-refractivity contribution in [3.8, 4) is 0 Å². The average Bonchev–Trinajstić information content (AvgIpc) is 2.86. The highest BCUT2D eigenvalue weighted by molar-refractivity contribution is 5.92. The second kappa shape index (κ2) is 4.68. The molecule has 1 amide bonds. The van der Waals surface area contributed by atoms with Gasteiger partial charge >= 0.3 is 0 Å². The predicted octanol–water partition coefficient (Wildman–Crippen LogP) is 2.35. The van der Waals surface area contributed by atoms with Gasteiger partial charge in [-0.25, -0.2) is 0 Å². The maximum atomic E-state index is 12.0. The van der Waals surface area contributed by atoms with Crippen LogP contribution in [0.25, 0.3) is 0 Å². The van der Waals surface area contributed by atoms with Crippen molar-refractivity contribution in [2.45, 2.75) is 39.5 Å². The van der Waals surface area contributed by atoms with Gasteiger partial charge < -0.3 is 5.32 Å². The fourth-order valence-corrected chi connectivity index (χ4v) is 2.44. The van der Waals surface area contributed by atoms with E-state index in [1.54, 1.807) is 6.20 Å². The summed E-state index contributed by atoms with van der Waals surface area (Å²) < 4.78 is 0. The fourth-order valence-electron chi connectivity index (χ4n) is 2.44. The molecule has 1 aromatic heterocycles. The molecular weight excluding hydrogens is 202 g/mol. The number of aromatic amines is 1. The van der Waals surface area contributed by atoms with Gasteiger partial charge in [0.1, 0.15) is 5.82 Å². The number of amides is 1. The smallest absolute Gasteiger partial charge is 0.228 e. The second-order valence-corrected chi connectivity index (χ2v) is 4.63. The standard InChI is InChI=1S/C12H19N3O/c1-3-9-7-13-15-11(9)14-12(16)10-6-4-5-8(10)2/h7-8,10H,3-6H2,1-2H3,(H2,13,14,15,16). The van der Waals surface area contributed by atoms with E-state index in [1.807, 2.05) is 0 Å². The van der Waals surface area contributed by atoms with E-state index in [2.05, 4.69) is 29.4 Å². The van der Waals surface area contributed by atoms with Crippen molar-refractivity contribution >= 4 is 11.7 Å². The lowest BCUT2D eigenvalue weighted by Gasteiger charge is -2.14. The first-order chi connectivity index (χ1) is 7.72. The van der Waals surface area contributed by atoms with Gasteiger partial charge in [0, 0.05) is 11.5 Å². The van der Waals surface area contributed by atoms with Crippen molar-refractivity contribution in [2.75, 3.05) is 5.32 Å². The van der Waals surface area contributed by atoms with Crippen LogP contribution in [0.1, 0.15) is 38.7 Å². The van der Waals surface area contributed by atoms with Crippen LogP contribution < -0.4 is 5.32 Å². The number of aryl methyl sites for hydroxylation is 1. The molecule has 1 saturated carbocycles. The highest BCUT2D eigenvalue weighted by Crippen LogP contribution is 2.32. The first-order valence-corrected chi connectivity index (χ1v) is 6.05. The molecule has 0 aromatic carbocycles. The molecule has 2 atom stereocenters. The summed E-state index contributed by atoms with van der Waals surface area (Å²) in [6.45, 7) is 4.21. The quantitative estimate of drug-likeness (QED) is 0.823. The van der Waals surface area contributed by atoms with Gasteiger partial charge in [0.05, 0.1) is 6.20 Å². The molecule has 2 unspecified atom stereocenters. The summed E-state index contributed by atoms with van der Waals surface area (Å²) in [5, 5.41) is 9.75. The van der Waals surface area contributed by atoms with Crippen molar-refractivity contribution < 1.29 is 4.79 Å². The lowest BCUT2D eigenvalue weighted by atomic mass is 9.97. The van der Waals surface area contributed by atoms with Crippen LogP contribution in [0, 0.1) is 11.8 Å². The summed E-state index contributed by atoms with van der Waals surface area (Å²) in [7, 11) is 0. The monoisotopic (exact) mass is 221 g/mol. The molecule has 4 heteroatoms. The van der Waals surface area contributed by atoms with Gasteiger partial charge in [-0.05, 0) is 25.2 Å². The SMILES string of the molecule is CCc1cn[nH]c1NC(=O)C1CCCC1C. The zero-order valence-corrected chi connectivity index (χ0v) is 9.92. The topological polar surface area (TPSA) is 57.8 Å². The summed E-state index contributed by atoms with van der Waals surface area (Å²) in [4.78, 5) is 12.0. The van der Waals surface area contributed by atoms with Crippen LogP contribution in [-0.2, 0) is 11.2 Å². The molecule has 2 N–H and O–H groups in total. The Morgan fingerprint density at radius 3 is 3.06 bits per heavy atom. The summed E-state index contributed by atoms with van der Waals surface area (Å²) in [5.41, 5.74) is 1.07. The Kier molecular flexibility index (Phi) is 3.27. The summed E-state index contributed by atoms with van der Waals surface area (Å²) in [5.74, 6) is 1.59. The molecule has 2 rings (SSSR count). The molecule has 0 radical (unpaired) electrons. The highest BCUT2D eigenvalue weighted by Gasteiger charge is 2.30. The van der Waals surface area contributed by atoms with E-state index in [1.165, 1.54) is 12.8 Å². The van der Waals surface area contributed by atoms with Crippen molar-refractivity contribution in [1.29, 1.82) is 0 Å². The number of anilines is 1. The van der Waals surface area contributed by atoms with E-state index < -0.39 is 0 Å². The number of nitrogens with one attached hydrogen (secondary N) is 2. The number of hydrogen-bond donors (Lipinski definition) is 2. The van der Waals surface area contributed by atoms with Crippen LogP contribution in [0.5, 0.6) is 0 Å². The van der Waals surface area contributed by atoms with E-state index in [0.29, 0.717) is 5.92 Å². The maximum Gasteiger partial charge on any atom is 0.228 e. The summed E-state index contributed by atoms with van der Waals surface area (Å²) >= 11 is 0.